The van der Waals surface area contributed by atoms with Gasteiger partial charge in [0.25, 0.3) is 5.91 Å². The first kappa shape index (κ1) is 25.2. The Morgan fingerprint density at radius 1 is 1.00 bits per heavy atom. The highest BCUT2D eigenvalue weighted by molar-refractivity contribution is 6.44. The van der Waals surface area contributed by atoms with Crippen LogP contribution in [0.5, 0.6) is 11.5 Å². The first-order valence-corrected chi connectivity index (χ1v) is 11.2. The van der Waals surface area contributed by atoms with Crippen LogP contribution >= 0.6 is 11.6 Å². The van der Waals surface area contributed by atoms with Gasteiger partial charge in [-0.2, -0.15) is 0 Å². The van der Waals surface area contributed by atoms with Crippen molar-refractivity contribution < 1.29 is 33.8 Å². The molecule has 0 saturated carbocycles. The van der Waals surface area contributed by atoms with Crippen molar-refractivity contribution in [3.05, 3.63) is 58.6 Å². The van der Waals surface area contributed by atoms with Crippen molar-refractivity contribution in [1.82, 2.24) is 4.90 Å². The number of ether oxygens (including phenoxy) is 2. The van der Waals surface area contributed by atoms with E-state index in [4.69, 9.17) is 26.2 Å². The lowest BCUT2D eigenvalue weighted by Gasteiger charge is -2.28. The minimum Gasteiger partial charge on any atom is -0.497 e. The van der Waals surface area contributed by atoms with E-state index in [1.807, 2.05) is 0 Å². The molecule has 0 aliphatic carbocycles. The Balaban J connectivity index is 2.00. The number of carboxylic acids is 1. The number of carbonyl (C=O) groups excluding carboxylic acids is 3. The highest BCUT2D eigenvalue weighted by atomic mass is 35.5. The van der Waals surface area contributed by atoms with Crippen LogP contribution in [0.4, 0.5) is 0 Å². The van der Waals surface area contributed by atoms with Crippen molar-refractivity contribution in [3.63, 3.8) is 0 Å². The standard InChI is InChI=1S/C25H26ClNO7/c1-33-17-11-12-19(34-2)18(14-17)22-21(23(30)15-7-9-16(26)10-8-15)24(31)25(32)27(22)13-5-3-4-6-20(28)29/h7-12,14,21-22H,3-6,13H2,1-2H3,(H,28,29). The van der Waals surface area contributed by atoms with E-state index in [9.17, 15) is 19.2 Å². The fourth-order valence-electron chi connectivity index (χ4n) is 4.17. The third kappa shape index (κ3) is 5.39. The predicted octanol–water partition coefficient (Wildman–Crippen LogP) is 3.95. The Kier molecular flexibility index (Phi) is 8.28. The average Bonchev–Trinajstić information content (AvgIpc) is 3.08. The molecule has 2 atom stereocenters. The highest BCUT2D eigenvalue weighted by Gasteiger charge is 2.52. The zero-order valence-electron chi connectivity index (χ0n) is 19.0. The number of aliphatic carboxylic acids is 1. The summed E-state index contributed by atoms with van der Waals surface area (Å²) < 4.78 is 10.8. The number of halogens is 1. The van der Waals surface area contributed by atoms with Crippen LogP contribution in [0.3, 0.4) is 0 Å². The van der Waals surface area contributed by atoms with Crippen LogP contribution in [0.2, 0.25) is 5.02 Å². The summed E-state index contributed by atoms with van der Waals surface area (Å²) in [6.45, 7) is 0.194. The van der Waals surface area contributed by atoms with Gasteiger partial charge >= 0.3 is 5.97 Å². The van der Waals surface area contributed by atoms with Gasteiger partial charge in [0.1, 0.15) is 17.4 Å². The van der Waals surface area contributed by atoms with E-state index >= 15 is 0 Å². The van der Waals surface area contributed by atoms with Crippen molar-refractivity contribution in [1.29, 1.82) is 0 Å². The lowest BCUT2D eigenvalue weighted by atomic mass is 9.85. The number of hydrogen-bond acceptors (Lipinski definition) is 6. The van der Waals surface area contributed by atoms with E-state index in [1.54, 1.807) is 30.3 Å². The molecule has 2 aromatic rings. The van der Waals surface area contributed by atoms with E-state index in [1.165, 1.54) is 31.3 Å². The van der Waals surface area contributed by atoms with Gasteiger partial charge < -0.3 is 19.5 Å². The zero-order valence-corrected chi connectivity index (χ0v) is 19.7. The smallest absolute Gasteiger partial charge is 0.303 e. The molecule has 1 fully saturated rings. The minimum absolute atomic E-state index is 0.0255. The van der Waals surface area contributed by atoms with Gasteiger partial charge in [-0.05, 0) is 55.3 Å². The molecule has 3 rings (SSSR count). The molecule has 1 amide bonds. The zero-order chi connectivity index (χ0) is 24.8. The first-order chi connectivity index (χ1) is 16.3. The van der Waals surface area contributed by atoms with E-state index in [2.05, 4.69) is 0 Å². The minimum atomic E-state index is -1.27. The molecule has 8 nitrogen and oxygen atoms in total. The molecular formula is C25H26ClNO7. The number of nitrogens with zero attached hydrogens (tertiary/aromatic N) is 1. The van der Waals surface area contributed by atoms with Gasteiger partial charge in [0, 0.05) is 29.1 Å². The summed E-state index contributed by atoms with van der Waals surface area (Å²) in [5, 5.41) is 9.28. The van der Waals surface area contributed by atoms with Crippen molar-refractivity contribution in [2.24, 2.45) is 5.92 Å². The summed E-state index contributed by atoms with van der Waals surface area (Å²) in [5.74, 6) is -3.28. The van der Waals surface area contributed by atoms with Crippen LogP contribution in [0.1, 0.15) is 47.6 Å². The average molecular weight is 488 g/mol. The van der Waals surface area contributed by atoms with Gasteiger partial charge in [-0.25, -0.2) is 0 Å². The summed E-state index contributed by atoms with van der Waals surface area (Å²) >= 11 is 5.94. The lowest BCUT2D eigenvalue weighted by Crippen LogP contribution is -2.32. The van der Waals surface area contributed by atoms with Gasteiger partial charge in [0.05, 0.1) is 20.3 Å². The Morgan fingerprint density at radius 3 is 2.32 bits per heavy atom. The second kappa shape index (κ2) is 11.2. The van der Waals surface area contributed by atoms with E-state index in [0.29, 0.717) is 41.3 Å². The van der Waals surface area contributed by atoms with Crippen molar-refractivity contribution in [2.75, 3.05) is 20.8 Å². The maximum Gasteiger partial charge on any atom is 0.303 e. The topological polar surface area (TPSA) is 110 Å². The van der Waals surface area contributed by atoms with Crippen LogP contribution in [-0.2, 0) is 14.4 Å². The molecule has 34 heavy (non-hydrogen) atoms. The number of methoxy groups -OCH3 is 2. The van der Waals surface area contributed by atoms with Crippen LogP contribution in [0.25, 0.3) is 0 Å². The fourth-order valence-corrected chi connectivity index (χ4v) is 4.30. The Labute approximate surface area is 202 Å². The molecular weight excluding hydrogens is 462 g/mol. The number of rotatable bonds is 11. The van der Waals surface area contributed by atoms with Crippen LogP contribution in [0, 0.1) is 5.92 Å². The maximum absolute atomic E-state index is 13.5. The number of unbranched alkanes of at least 4 members (excludes halogenated alkanes) is 2. The maximum atomic E-state index is 13.5. The molecule has 2 aromatic carbocycles. The molecule has 1 saturated heterocycles. The molecule has 0 radical (unpaired) electrons. The van der Waals surface area contributed by atoms with Crippen molar-refractivity contribution in [3.8, 4) is 11.5 Å². The molecule has 1 aliphatic rings. The number of ketones is 2. The van der Waals surface area contributed by atoms with Gasteiger partial charge in [-0.3, -0.25) is 19.2 Å². The summed E-state index contributed by atoms with van der Waals surface area (Å²) in [6.07, 6.45) is 1.52. The third-order valence-corrected chi connectivity index (χ3v) is 6.11. The molecule has 0 aromatic heterocycles. The molecule has 1 N–H and O–H groups in total. The summed E-state index contributed by atoms with van der Waals surface area (Å²) in [7, 11) is 2.96. The largest absolute Gasteiger partial charge is 0.497 e. The number of benzene rings is 2. The van der Waals surface area contributed by atoms with Gasteiger partial charge in [-0.15, -0.1) is 0 Å². The van der Waals surface area contributed by atoms with Gasteiger partial charge in [0.2, 0.25) is 5.78 Å². The number of carboxylic acid groups (broad SMARTS) is 1. The molecule has 1 aliphatic heterocycles. The Bertz CT molecular complexity index is 1080. The fraction of sp³-hybridized carbons (Fsp3) is 0.360. The summed E-state index contributed by atoms with van der Waals surface area (Å²) in [5.41, 5.74) is 0.754. The quantitative estimate of drug-likeness (QED) is 0.221. The Hall–Kier alpha value is -3.39. The SMILES string of the molecule is COc1ccc(OC)c(C2C(C(=O)c3ccc(Cl)cc3)C(=O)C(=O)N2CCCCCC(=O)O)c1. The van der Waals surface area contributed by atoms with E-state index in [0.717, 1.165) is 0 Å². The molecule has 180 valence electrons. The second-order valence-electron chi connectivity index (χ2n) is 7.97. The van der Waals surface area contributed by atoms with Crippen LogP contribution in [-0.4, -0.2) is 54.2 Å². The lowest BCUT2D eigenvalue weighted by molar-refractivity contribution is -0.140. The summed E-state index contributed by atoms with van der Waals surface area (Å²) in [4.78, 5) is 51.8. The third-order valence-electron chi connectivity index (χ3n) is 5.86. The molecule has 9 heteroatoms. The number of carbonyl (C=O) groups is 4. The molecule has 2 unspecified atom stereocenters. The van der Waals surface area contributed by atoms with E-state index in [-0.39, 0.29) is 18.5 Å². The highest BCUT2D eigenvalue weighted by Crippen LogP contribution is 2.43. The molecule has 1 heterocycles. The van der Waals surface area contributed by atoms with Gasteiger partial charge in [0.15, 0.2) is 5.78 Å². The van der Waals surface area contributed by atoms with Crippen molar-refractivity contribution >= 4 is 35.0 Å². The number of Topliss-reactive ketones (excluding diaryl/α,β-unsaturated/α-hetero) is 2. The monoisotopic (exact) mass is 487 g/mol. The second-order valence-corrected chi connectivity index (χ2v) is 8.41. The molecule has 0 bridgehead atoms. The normalized spacial score (nSPS) is 17.7. The van der Waals surface area contributed by atoms with E-state index < -0.39 is 35.4 Å². The number of amides is 1. The van der Waals surface area contributed by atoms with Crippen LogP contribution in [0.15, 0.2) is 42.5 Å². The van der Waals surface area contributed by atoms with Gasteiger partial charge in [-0.1, -0.05) is 18.0 Å². The number of likely N-dealkylation sites (tertiary alicyclic amines) is 1. The Morgan fingerprint density at radius 2 is 1.71 bits per heavy atom. The first-order valence-electron chi connectivity index (χ1n) is 10.9. The predicted molar refractivity (Wildman–Crippen MR) is 124 cm³/mol. The molecule has 0 spiro atoms. The number of hydrogen-bond donors (Lipinski definition) is 1. The summed E-state index contributed by atoms with van der Waals surface area (Å²) in [6, 6.07) is 10.3. The van der Waals surface area contributed by atoms with Crippen LogP contribution < -0.4 is 9.47 Å². The van der Waals surface area contributed by atoms with Crippen molar-refractivity contribution in [2.45, 2.75) is 31.7 Å².